The molecule has 4 nitrogen and oxygen atoms in total. The van der Waals surface area contributed by atoms with E-state index in [4.69, 9.17) is 0 Å². The highest BCUT2D eigenvalue weighted by molar-refractivity contribution is 5.84. The number of benzene rings is 1. The van der Waals surface area contributed by atoms with Crippen LogP contribution in [0.4, 0.5) is 0 Å². The highest BCUT2D eigenvalue weighted by Gasteiger charge is 2.33. The molecule has 24 heavy (non-hydrogen) atoms. The predicted octanol–water partition coefficient (Wildman–Crippen LogP) is 3.14. The van der Waals surface area contributed by atoms with Crippen molar-refractivity contribution in [3.8, 4) is 0 Å². The van der Waals surface area contributed by atoms with Crippen molar-refractivity contribution in [2.75, 3.05) is 13.1 Å². The number of carbonyl (C=O) groups excluding carboxylic acids is 2. The molecular weight excluding hydrogens is 300 g/mol. The van der Waals surface area contributed by atoms with Crippen LogP contribution in [0.3, 0.4) is 0 Å². The molecule has 1 aromatic carbocycles. The quantitative estimate of drug-likeness (QED) is 0.855. The Labute approximate surface area is 144 Å². The fourth-order valence-corrected chi connectivity index (χ4v) is 3.94. The van der Waals surface area contributed by atoms with Crippen LogP contribution in [0.25, 0.3) is 0 Å². The van der Waals surface area contributed by atoms with Crippen LogP contribution in [-0.4, -0.2) is 40.2 Å². The summed E-state index contributed by atoms with van der Waals surface area (Å²) in [5, 5.41) is 0. The van der Waals surface area contributed by atoms with E-state index < -0.39 is 0 Å². The summed E-state index contributed by atoms with van der Waals surface area (Å²) in [5.74, 6) is 0.234. The van der Waals surface area contributed by atoms with Gasteiger partial charge in [0, 0.05) is 38.0 Å². The zero-order valence-corrected chi connectivity index (χ0v) is 14.9. The molecule has 0 spiro atoms. The number of carbonyl (C=O) groups is 2. The second-order valence-electron chi connectivity index (χ2n) is 7.65. The SMILES string of the molecule is CC1(C)CCCCN1C(=O)CCC(=O)N1CCc2ccccc2C1. The van der Waals surface area contributed by atoms with Crippen LogP contribution in [0, 0.1) is 0 Å². The van der Waals surface area contributed by atoms with E-state index >= 15 is 0 Å². The molecule has 2 amide bonds. The highest BCUT2D eigenvalue weighted by atomic mass is 16.2. The van der Waals surface area contributed by atoms with E-state index in [9.17, 15) is 9.59 Å². The minimum absolute atomic E-state index is 0.0670. The van der Waals surface area contributed by atoms with E-state index in [1.165, 1.54) is 17.5 Å². The first-order chi connectivity index (χ1) is 11.5. The first-order valence-electron chi connectivity index (χ1n) is 9.12. The Balaban J connectivity index is 1.53. The molecule has 1 aromatic rings. The maximum absolute atomic E-state index is 12.6. The largest absolute Gasteiger partial charge is 0.338 e. The lowest BCUT2D eigenvalue weighted by Crippen LogP contribution is -2.50. The molecule has 2 aliphatic rings. The molecule has 0 N–H and O–H groups in total. The van der Waals surface area contributed by atoms with Gasteiger partial charge in [0.15, 0.2) is 0 Å². The number of nitrogens with zero attached hydrogens (tertiary/aromatic N) is 2. The molecule has 0 radical (unpaired) electrons. The molecule has 0 bridgehead atoms. The summed E-state index contributed by atoms with van der Waals surface area (Å²) in [5.41, 5.74) is 2.51. The number of hydrogen-bond donors (Lipinski definition) is 0. The van der Waals surface area contributed by atoms with Gasteiger partial charge in [-0.3, -0.25) is 9.59 Å². The lowest BCUT2D eigenvalue weighted by Gasteiger charge is -2.42. The summed E-state index contributed by atoms with van der Waals surface area (Å²) >= 11 is 0. The normalized spacial score (nSPS) is 19.8. The average Bonchev–Trinajstić information content (AvgIpc) is 2.58. The third-order valence-corrected chi connectivity index (χ3v) is 5.49. The van der Waals surface area contributed by atoms with Crippen molar-refractivity contribution in [1.29, 1.82) is 0 Å². The number of piperidine rings is 1. The molecule has 2 aliphatic heterocycles. The molecule has 1 saturated heterocycles. The molecule has 0 saturated carbocycles. The third-order valence-electron chi connectivity index (χ3n) is 5.49. The molecule has 0 aromatic heterocycles. The van der Waals surface area contributed by atoms with Gasteiger partial charge in [0.2, 0.25) is 11.8 Å². The zero-order valence-electron chi connectivity index (χ0n) is 14.9. The van der Waals surface area contributed by atoms with E-state index in [0.717, 1.165) is 32.4 Å². The predicted molar refractivity (Wildman–Crippen MR) is 94.4 cm³/mol. The Morgan fingerprint density at radius 2 is 1.71 bits per heavy atom. The summed E-state index contributed by atoms with van der Waals surface area (Å²) in [4.78, 5) is 28.9. The first kappa shape index (κ1) is 17.0. The summed E-state index contributed by atoms with van der Waals surface area (Å²) in [6.45, 7) is 6.54. The number of fused-ring (bicyclic) bond motifs is 1. The molecule has 2 heterocycles. The first-order valence-corrected chi connectivity index (χ1v) is 9.12. The van der Waals surface area contributed by atoms with Crippen molar-refractivity contribution < 1.29 is 9.59 Å². The Morgan fingerprint density at radius 1 is 1.00 bits per heavy atom. The Morgan fingerprint density at radius 3 is 2.46 bits per heavy atom. The fourth-order valence-electron chi connectivity index (χ4n) is 3.94. The van der Waals surface area contributed by atoms with E-state index in [2.05, 4.69) is 32.0 Å². The molecule has 0 atom stereocenters. The molecule has 0 unspecified atom stereocenters. The van der Waals surface area contributed by atoms with Crippen LogP contribution in [-0.2, 0) is 22.6 Å². The van der Waals surface area contributed by atoms with Gasteiger partial charge in [-0.25, -0.2) is 0 Å². The monoisotopic (exact) mass is 328 g/mol. The van der Waals surface area contributed by atoms with Crippen LogP contribution in [0.5, 0.6) is 0 Å². The maximum atomic E-state index is 12.6. The Hall–Kier alpha value is -1.84. The van der Waals surface area contributed by atoms with Gasteiger partial charge in [-0.2, -0.15) is 0 Å². The number of likely N-dealkylation sites (tertiary alicyclic amines) is 1. The van der Waals surface area contributed by atoms with Crippen molar-refractivity contribution in [2.24, 2.45) is 0 Å². The second-order valence-corrected chi connectivity index (χ2v) is 7.65. The topological polar surface area (TPSA) is 40.6 Å². The summed E-state index contributed by atoms with van der Waals surface area (Å²) < 4.78 is 0. The van der Waals surface area contributed by atoms with Crippen molar-refractivity contribution in [1.82, 2.24) is 9.80 Å². The summed E-state index contributed by atoms with van der Waals surface area (Å²) in [6, 6.07) is 8.30. The second kappa shape index (κ2) is 6.96. The highest BCUT2D eigenvalue weighted by Crippen LogP contribution is 2.28. The molecule has 3 rings (SSSR count). The molecule has 4 heteroatoms. The van der Waals surface area contributed by atoms with Gasteiger partial charge in [-0.1, -0.05) is 24.3 Å². The minimum Gasteiger partial charge on any atom is -0.338 e. The molecule has 130 valence electrons. The van der Waals surface area contributed by atoms with Crippen molar-refractivity contribution >= 4 is 11.8 Å². The number of amides is 2. The van der Waals surface area contributed by atoms with Crippen LogP contribution < -0.4 is 0 Å². The average molecular weight is 328 g/mol. The van der Waals surface area contributed by atoms with Crippen LogP contribution in [0.1, 0.15) is 57.1 Å². The minimum atomic E-state index is -0.0670. The zero-order chi connectivity index (χ0) is 17.2. The van der Waals surface area contributed by atoms with E-state index in [0.29, 0.717) is 19.4 Å². The van der Waals surface area contributed by atoms with Gasteiger partial charge in [-0.05, 0) is 50.7 Å². The number of rotatable bonds is 3. The summed E-state index contributed by atoms with van der Waals surface area (Å²) in [7, 11) is 0. The molecular formula is C20H28N2O2. The lowest BCUT2D eigenvalue weighted by molar-refractivity contribution is -0.142. The van der Waals surface area contributed by atoms with Crippen molar-refractivity contribution in [3.63, 3.8) is 0 Å². The molecule has 1 fully saturated rings. The van der Waals surface area contributed by atoms with Crippen LogP contribution in [0.15, 0.2) is 24.3 Å². The van der Waals surface area contributed by atoms with Crippen LogP contribution in [0.2, 0.25) is 0 Å². The van der Waals surface area contributed by atoms with Gasteiger partial charge >= 0.3 is 0 Å². The van der Waals surface area contributed by atoms with Gasteiger partial charge < -0.3 is 9.80 Å². The molecule has 0 aliphatic carbocycles. The van der Waals surface area contributed by atoms with Crippen molar-refractivity contribution in [2.45, 2.75) is 64.5 Å². The van der Waals surface area contributed by atoms with Gasteiger partial charge in [0.05, 0.1) is 0 Å². The van der Waals surface area contributed by atoms with Crippen LogP contribution >= 0.6 is 0 Å². The van der Waals surface area contributed by atoms with Gasteiger partial charge in [0.25, 0.3) is 0 Å². The standard InChI is InChI=1S/C20H28N2O2/c1-20(2)12-5-6-13-22(20)19(24)10-9-18(23)21-14-11-16-7-3-4-8-17(16)15-21/h3-4,7-8H,5-6,9-15H2,1-2H3. The van der Waals surface area contributed by atoms with E-state index in [1.807, 2.05) is 15.9 Å². The fraction of sp³-hybridized carbons (Fsp3) is 0.600. The Bertz CT molecular complexity index is 624. The third kappa shape index (κ3) is 3.63. The van der Waals surface area contributed by atoms with Gasteiger partial charge in [-0.15, -0.1) is 0 Å². The van der Waals surface area contributed by atoms with E-state index in [-0.39, 0.29) is 17.4 Å². The smallest absolute Gasteiger partial charge is 0.223 e. The maximum Gasteiger partial charge on any atom is 0.223 e. The Kier molecular flexibility index (Phi) is 4.93. The van der Waals surface area contributed by atoms with Crippen molar-refractivity contribution in [3.05, 3.63) is 35.4 Å². The lowest BCUT2D eigenvalue weighted by atomic mass is 9.90. The number of hydrogen-bond acceptors (Lipinski definition) is 2. The summed E-state index contributed by atoms with van der Waals surface area (Å²) in [6.07, 6.45) is 4.88. The van der Waals surface area contributed by atoms with Gasteiger partial charge in [0.1, 0.15) is 0 Å². The van der Waals surface area contributed by atoms with E-state index in [1.54, 1.807) is 0 Å².